The number of aliphatic hydroxyl groups excluding tert-OH is 1. The fourth-order valence-electron chi connectivity index (χ4n) is 8.56. The van der Waals surface area contributed by atoms with Crippen molar-refractivity contribution in [2.45, 2.75) is 111 Å². The molecule has 0 radical (unpaired) electrons. The Labute approximate surface area is 183 Å². The number of fused-ring (bicyclic) bond motifs is 5. The molecule has 0 bridgehead atoms. The zero-order chi connectivity index (χ0) is 21.9. The van der Waals surface area contributed by atoms with E-state index in [0.29, 0.717) is 41.9 Å². The molecular formula is C27H44O3. The van der Waals surface area contributed by atoms with E-state index in [0.717, 1.165) is 25.2 Å². The molecule has 4 aliphatic carbocycles. The molecule has 0 amide bonds. The van der Waals surface area contributed by atoms with E-state index in [4.69, 9.17) is 0 Å². The Morgan fingerprint density at radius 3 is 2.60 bits per heavy atom. The van der Waals surface area contributed by atoms with E-state index < -0.39 is 5.60 Å². The zero-order valence-electron chi connectivity index (χ0n) is 19.9. The molecule has 0 spiro atoms. The lowest BCUT2D eigenvalue weighted by molar-refractivity contribution is -0.124. The van der Waals surface area contributed by atoms with Crippen molar-refractivity contribution in [3.05, 3.63) is 11.6 Å². The van der Waals surface area contributed by atoms with Crippen molar-refractivity contribution in [2.24, 2.45) is 40.4 Å². The van der Waals surface area contributed by atoms with Crippen LogP contribution < -0.4 is 0 Å². The summed E-state index contributed by atoms with van der Waals surface area (Å²) in [4.78, 5) is 12.1. The van der Waals surface area contributed by atoms with Gasteiger partial charge in [-0.05, 0) is 105 Å². The number of carbonyl (C=O) groups is 1. The minimum absolute atomic E-state index is 0.121. The largest absolute Gasteiger partial charge is 0.392 e. The van der Waals surface area contributed by atoms with Gasteiger partial charge in [0.15, 0.2) is 5.78 Å². The highest BCUT2D eigenvalue weighted by atomic mass is 16.3. The van der Waals surface area contributed by atoms with Gasteiger partial charge in [0.1, 0.15) is 0 Å². The Bertz CT molecular complexity index is 703. The van der Waals surface area contributed by atoms with Crippen molar-refractivity contribution >= 4 is 5.78 Å². The van der Waals surface area contributed by atoms with Gasteiger partial charge in [-0.25, -0.2) is 0 Å². The van der Waals surface area contributed by atoms with Crippen molar-refractivity contribution in [1.29, 1.82) is 0 Å². The highest BCUT2D eigenvalue weighted by Crippen LogP contribution is 2.67. The van der Waals surface area contributed by atoms with Crippen LogP contribution in [0.1, 0.15) is 98.8 Å². The lowest BCUT2D eigenvalue weighted by Gasteiger charge is -2.60. The zero-order valence-corrected chi connectivity index (χ0v) is 19.9. The summed E-state index contributed by atoms with van der Waals surface area (Å²) in [6.45, 7) is 11.2. The average molecular weight is 417 g/mol. The molecule has 4 rings (SSSR count). The summed E-state index contributed by atoms with van der Waals surface area (Å²) < 4.78 is 0. The molecule has 0 unspecified atom stereocenters. The van der Waals surface area contributed by atoms with Gasteiger partial charge in [-0.3, -0.25) is 4.79 Å². The number of carbonyl (C=O) groups excluding carboxylic acids is 1. The summed E-state index contributed by atoms with van der Waals surface area (Å²) in [6.07, 6.45) is 12.1. The number of hydrogen-bond donors (Lipinski definition) is 2. The van der Waals surface area contributed by atoms with Gasteiger partial charge in [0.2, 0.25) is 0 Å². The lowest BCUT2D eigenvalue weighted by atomic mass is 9.45. The third-order valence-electron chi connectivity index (χ3n) is 10.2. The number of ketones is 1. The first-order valence-corrected chi connectivity index (χ1v) is 12.6. The molecule has 3 fully saturated rings. The standard InChI is InChI=1S/C27H44O3/c1-17(7-6-12-25(2,3)30)20-8-9-21-24-22(11-14-27(20,21)5)26(4)13-10-19(28)15-18(26)16-23(24)29/h15,17,20-24,29-30H,6-14,16H2,1-5H3/t17-,20-,21+,22+,23-,24+,26+,27-/m1/s1. The SMILES string of the molecule is C[C@H](CCCC(C)(C)O)[C@H]1CC[C@H]2[C@@H]3[C@H](O)CC4=CC(=O)CC[C@]4(C)[C@H]3CC[C@]12C. The fourth-order valence-corrected chi connectivity index (χ4v) is 8.56. The van der Waals surface area contributed by atoms with Crippen LogP contribution in [0.25, 0.3) is 0 Å². The topological polar surface area (TPSA) is 57.5 Å². The Morgan fingerprint density at radius 1 is 1.17 bits per heavy atom. The number of aliphatic hydroxyl groups is 2. The lowest BCUT2D eigenvalue weighted by Crippen LogP contribution is -2.55. The Balaban J connectivity index is 1.52. The van der Waals surface area contributed by atoms with E-state index in [1.807, 2.05) is 19.9 Å². The minimum atomic E-state index is -0.561. The van der Waals surface area contributed by atoms with Gasteiger partial charge in [-0.15, -0.1) is 0 Å². The molecule has 8 atom stereocenters. The van der Waals surface area contributed by atoms with Gasteiger partial charge in [0.25, 0.3) is 0 Å². The molecular weight excluding hydrogens is 372 g/mol. The molecule has 0 aromatic rings. The molecule has 30 heavy (non-hydrogen) atoms. The maximum absolute atomic E-state index is 12.1. The molecule has 3 nitrogen and oxygen atoms in total. The summed E-state index contributed by atoms with van der Waals surface area (Å²) in [7, 11) is 0. The van der Waals surface area contributed by atoms with E-state index in [2.05, 4.69) is 20.8 Å². The smallest absolute Gasteiger partial charge is 0.155 e. The molecule has 0 aliphatic heterocycles. The Hall–Kier alpha value is -0.670. The molecule has 3 heteroatoms. The van der Waals surface area contributed by atoms with Crippen molar-refractivity contribution < 1.29 is 15.0 Å². The molecule has 2 N–H and O–H groups in total. The highest BCUT2D eigenvalue weighted by Gasteiger charge is 2.61. The van der Waals surface area contributed by atoms with Crippen LogP contribution in [0.3, 0.4) is 0 Å². The van der Waals surface area contributed by atoms with Crippen molar-refractivity contribution in [1.82, 2.24) is 0 Å². The second-order valence-electron chi connectivity index (χ2n) is 12.5. The third kappa shape index (κ3) is 3.72. The van der Waals surface area contributed by atoms with Gasteiger partial charge < -0.3 is 10.2 Å². The quantitative estimate of drug-likeness (QED) is 0.606. The summed E-state index contributed by atoms with van der Waals surface area (Å²) in [6, 6.07) is 0. The predicted molar refractivity (Wildman–Crippen MR) is 121 cm³/mol. The van der Waals surface area contributed by atoms with Gasteiger partial charge in [0.05, 0.1) is 11.7 Å². The average Bonchev–Trinajstić information content (AvgIpc) is 2.99. The van der Waals surface area contributed by atoms with Gasteiger partial charge >= 0.3 is 0 Å². The molecule has 0 aromatic heterocycles. The Morgan fingerprint density at radius 2 is 1.90 bits per heavy atom. The monoisotopic (exact) mass is 416 g/mol. The van der Waals surface area contributed by atoms with Crippen LogP contribution in [0.15, 0.2) is 11.6 Å². The van der Waals surface area contributed by atoms with E-state index >= 15 is 0 Å². The fraction of sp³-hybridized carbons (Fsp3) is 0.889. The maximum atomic E-state index is 12.1. The second kappa shape index (κ2) is 7.73. The molecule has 170 valence electrons. The molecule has 3 saturated carbocycles. The molecule has 0 heterocycles. The maximum Gasteiger partial charge on any atom is 0.155 e. The first kappa shape index (κ1) is 22.5. The normalized spacial score (nSPS) is 44.7. The molecule has 0 saturated heterocycles. The van der Waals surface area contributed by atoms with Crippen LogP contribution in [0.2, 0.25) is 0 Å². The third-order valence-corrected chi connectivity index (χ3v) is 10.2. The van der Waals surface area contributed by atoms with Crippen LogP contribution >= 0.6 is 0 Å². The van der Waals surface area contributed by atoms with Crippen molar-refractivity contribution in [3.8, 4) is 0 Å². The van der Waals surface area contributed by atoms with Crippen LogP contribution in [-0.2, 0) is 4.79 Å². The minimum Gasteiger partial charge on any atom is -0.392 e. The van der Waals surface area contributed by atoms with Crippen molar-refractivity contribution in [3.63, 3.8) is 0 Å². The van der Waals surface area contributed by atoms with E-state index in [1.165, 1.54) is 37.7 Å². The first-order chi connectivity index (χ1) is 14.0. The van der Waals surface area contributed by atoms with Gasteiger partial charge in [-0.1, -0.05) is 39.2 Å². The Kier molecular flexibility index (Phi) is 5.80. The van der Waals surface area contributed by atoms with E-state index in [9.17, 15) is 15.0 Å². The van der Waals surface area contributed by atoms with Crippen LogP contribution in [0, 0.1) is 40.4 Å². The number of hydrogen-bond acceptors (Lipinski definition) is 3. The van der Waals surface area contributed by atoms with Gasteiger partial charge in [-0.2, -0.15) is 0 Å². The second-order valence-corrected chi connectivity index (χ2v) is 12.5. The highest BCUT2D eigenvalue weighted by molar-refractivity contribution is 5.91. The first-order valence-electron chi connectivity index (χ1n) is 12.6. The molecule has 4 aliphatic rings. The van der Waals surface area contributed by atoms with Crippen LogP contribution in [0.4, 0.5) is 0 Å². The summed E-state index contributed by atoms with van der Waals surface area (Å²) in [5.41, 5.74) is 1.13. The van der Waals surface area contributed by atoms with E-state index in [1.54, 1.807) is 0 Å². The molecule has 0 aromatic carbocycles. The number of rotatable bonds is 5. The predicted octanol–water partition coefficient (Wildman–Crippen LogP) is 5.68. The van der Waals surface area contributed by atoms with Crippen molar-refractivity contribution in [2.75, 3.05) is 0 Å². The van der Waals surface area contributed by atoms with E-state index in [-0.39, 0.29) is 17.3 Å². The summed E-state index contributed by atoms with van der Waals surface area (Å²) in [5, 5.41) is 21.4. The summed E-state index contributed by atoms with van der Waals surface area (Å²) in [5.74, 6) is 3.21. The van der Waals surface area contributed by atoms with Crippen LogP contribution in [0.5, 0.6) is 0 Å². The van der Waals surface area contributed by atoms with Gasteiger partial charge in [0, 0.05) is 6.42 Å². The summed E-state index contributed by atoms with van der Waals surface area (Å²) >= 11 is 0. The van der Waals surface area contributed by atoms with Crippen LogP contribution in [-0.4, -0.2) is 27.7 Å².